The Morgan fingerprint density at radius 3 is 1.68 bits per heavy atom. The van der Waals surface area contributed by atoms with E-state index in [0.29, 0.717) is 37.1 Å². The van der Waals surface area contributed by atoms with Gasteiger partial charge in [0.1, 0.15) is 19.3 Å². The molecule has 0 saturated carbocycles. The summed E-state index contributed by atoms with van der Waals surface area (Å²) in [5.41, 5.74) is 0. The topological polar surface area (TPSA) is 94.1 Å². The van der Waals surface area contributed by atoms with Crippen LogP contribution in [0.3, 0.4) is 0 Å². The Morgan fingerprint density at radius 1 is 0.700 bits per heavy atom. The fourth-order valence-electron chi connectivity index (χ4n) is 4.33. The molecule has 0 saturated heterocycles. The predicted molar refractivity (Wildman–Crippen MR) is 162 cm³/mol. The molecule has 0 aromatic carbocycles. The average molecular weight is 594 g/mol. The molecule has 2 unspecified atom stereocenters. The van der Waals surface area contributed by atoms with Gasteiger partial charge in [-0.2, -0.15) is 0 Å². The summed E-state index contributed by atoms with van der Waals surface area (Å²) in [4.78, 5) is 24.0. The molecule has 0 aliphatic carbocycles. The summed E-state index contributed by atoms with van der Waals surface area (Å²) in [6.45, 7) is 5.50. The molecule has 9 heteroatoms. The van der Waals surface area contributed by atoms with Gasteiger partial charge >= 0.3 is 5.97 Å². The third-order valence-corrected chi connectivity index (χ3v) is 7.87. The van der Waals surface area contributed by atoms with E-state index in [1.807, 2.05) is 28.1 Å². The van der Waals surface area contributed by atoms with Gasteiger partial charge in [0.25, 0.3) is 7.82 Å². The maximum absolute atomic E-state index is 12.1. The Bertz CT molecular complexity index is 627. The Balaban J connectivity index is 3.85. The number of phosphoric ester groups is 1. The van der Waals surface area contributed by atoms with Crippen LogP contribution in [0.25, 0.3) is 0 Å². The second-order valence-electron chi connectivity index (χ2n) is 12.2. The summed E-state index contributed by atoms with van der Waals surface area (Å²) in [5.74, 6) is -0.361. The van der Waals surface area contributed by atoms with Gasteiger partial charge in [-0.05, 0) is 12.8 Å². The highest BCUT2D eigenvalue weighted by atomic mass is 31.2. The molecule has 0 heterocycles. The number of quaternary nitrogens is 1. The lowest BCUT2D eigenvalue weighted by Crippen LogP contribution is -2.37. The predicted octanol–water partition coefficient (Wildman–Crippen LogP) is 7.57. The molecule has 0 fully saturated rings. The molecule has 240 valence electrons. The largest absolute Gasteiger partial charge is 0.756 e. The Hall–Kier alpha value is -0.500. The summed E-state index contributed by atoms with van der Waals surface area (Å²) >= 11 is 0. The average Bonchev–Trinajstić information content (AvgIpc) is 2.87. The number of likely N-dealkylation sites (N-methyl/N-ethyl adjacent to an activating group) is 1. The molecule has 0 aliphatic rings. The smallest absolute Gasteiger partial charge is 0.306 e. The van der Waals surface area contributed by atoms with Crippen molar-refractivity contribution in [1.29, 1.82) is 0 Å². The molecule has 0 aliphatic heterocycles. The Morgan fingerprint density at radius 2 is 1.20 bits per heavy atom. The van der Waals surface area contributed by atoms with E-state index in [2.05, 4.69) is 6.92 Å². The second kappa shape index (κ2) is 26.2. The van der Waals surface area contributed by atoms with Gasteiger partial charge in [-0.25, -0.2) is 0 Å². The molecular formula is C31H64NO7P. The van der Waals surface area contributed by atoms with Gasteiger partial charge in [-0.15, -0.1) is 0 Å². The summed E-state index contributed by atoms with van der Waals surface area (Å²) in [6.07, 6.45) is 22.0. The van der Waals surface area contributed by atoms with E-state index >= 15 is 0 Å². The lowest BCUT2D eigenvalue weighted by atomic mass is 10.0. The first kappa shape index (κ1) is 39.5. The van der Waals surface area contributed by atoms with Crippen molar-refractivity contribution >= 4 is 13.8 Å². The van der Waals surface area contributed by atoms with Crippen LogP contribution in [0.4, 0.5) is 0 Å². The highest BCUT2D eigenvalue weighted by Crippen LogP contribution is 2.38. The minimum atomic E-state index is -4.46. The van der Waals surface area contributed by atoms with E-state index in [1.54, 1.807) is 0 Å². The van der Waals surface area contributed by atoms with Crippen LogP contribution in [0.5, 0.6) is 0 Å². The SMILES string of the molecule is CCCCCCCCCCCCCCCCCCOCCC(COP(=O)([O-])OCC[N+](C)(C)C)OC(=O)CCC. The summed E-state index contributed by atoms with van der Waals surface area (Å²) in [7, 11) is 1.38. The molecule has 0 N–H and O–H groups in total. The highest BCUT2D eigenvalue weighted by Gasteiger charge is 2.19. The third-order valence-electron chi connectivity index (χ3n) is 6.91. The van der Waals surface area contributed by atoms with E-state index in [4.69, 9.17) is 18.5 Å². The zero-order valence-electron chi connectivity index (χ0n) is 26.8. The maximum atomic E-state index is 12.1. The van der Waals surface area contributed by atoms with E-state index in [9.17, 15) is 14.3 Å². The molecule has 0 bridgehead atoms. The van der Waals surface area contributed by atoms with Gasteiger partial charge in [0, 0.05) is 19.4 Å². The van der Waals surface area contributed by atoms with Crippen molar-refractivity contribution in [1.82, 2.24) is 0 Å². The molecule has 0 aromatic heterocycles. The minimum absolute atomic E-state index is 0.0347. The van der Waals surface area contributed by atoms with Gasteiger partial charge in [-0.1, -0.05) is 110 Å². The number of nitrogens with zero attached hydrogens (tertiary/aromatic N) is 1. The molecule has 0 aromatic rings. The normalized spacial score (nSPS) is 14.2. The molecule has 0 rings (SSSR count). The second-order valence-corrected chi connectivity index (χ2v) is 13.6. The fourth-order valence-corrected chi connectivity index (χ4v) is 5.06. The van der Waals surface area contributed by atoms with Crippen molar-refractivity contribution in [2.75, 3.05) is 54.1 Å². The van der Waals surface area contributed by atoms with Crippen LogP contribution in [0.1, 0.15) is 136 Å². The van der Waals surface area contributed by atoms with Crippen LogP contribution in [-0.4, -0.2) is 70.7 Å². The third kappa shape index (κ3) is 29.0. The first-order valence-electron chi connectivity index (χ1n) is 16.3. The number of hydrogen-bond donors (Lipinski definition) is 0. The van der Waals surface area contributed by atoms with Crippen LogP contribution in [0, 0.1) is 0 Å². The van der Waals surface area contributed by atoms with Crippen molar-refractivity contribution in [2.45, 2.75) is 142 Å². The number of ether oxygens (including phenoxy) is 2. The number of carbonyl (C=O) groups is 1. The van der Waals surface area contributed by atoms with E-state index in [1.165, 1.54) is 89.9 Å². The molecule has 0 radical (unpaired) electrons. The molecule has 0 spiro atoms. The van der Waals surface area contributed by atoms with Gasteiger partial charge in [0.15, 0.2) is 0 Å². The van der Waals surface area contributed by atoms with Crippen LogP contribution >= 0.6 is 7.82 Å². The standard InChI is InChI=1S/C31H64NO7P/c1-6-8-9-10-11-12-13-14-15-16-17-18-19-20-21-22-26-36-27-24-30(39-31(33)23-7-2)29-38-40(34,35)37-28-25-32(3,4)5/h30H,6-29H2,1-5H3. The van der Waals surface area contributed by atoms with Crippen LogP contribution < -0.4 is 4.89 Å². The Labute approximate surface area is 247 Å². The molecule has 0 amide bonds. The first-order chi connectivity index (χ1) is 19.1. The van der Waals surface area contributed by atoms with E-state index in [0.717, 1.165) is 12.8 Å². The summed E-state index contributed by atoms with van der Waals surface area (Å²) in [5, 5.41) is 0. The van der Waals surface area contributed by atoms with E-state index < -0.39 is 13.9 Å². The van der Waals surface area contributed by atoms with E-state index in [-0.39, 0.29) is 25.6 Å². The number of esters is 1. The monoisotopic (exact) mass is 593 g/mol. The van der Waals surface area contributed by atoms with Gasteiger partial charge < -0.3 is 27.9 Å². The van der Waals surface area contributed by atoms with Gasteiger partial charge in [-0.3, -0.25) is 9.36 Å². The molecule has 8 nitrogen and oxygen atoms in total. The Kier molecular flexibility index (Phi) is 25.8. The highest BCUT2D eigenvalue weighted by molar-refractivity contribution is 7.45. The van der Waals surface area contributed by atoms with Crippen molar-refractivity contribution in [3.8, 4) is 0 Å². The number of carbonyl (C=O) groups excluding carboxylic acids is 1. The van der Waals surface area contributed by atoms with Crippen molar-refractivity contribution in [3.05, 3.63) is 0 Å². The number of rotatable bonds is 30. The number of unbranched alkanes of at least 4 members (excludes halogenated alkanes) is 15. The van der Waals surface area contributed by atoms with Crippen molar-refractivity contribution in [2.24, 2.45) is 0 Å². The van der Waals surface area contributed by atoms with Crippen LogP contribution in [0.15, 0.2) is 0 Å². The lowest BCUT2D eigenvalue weighted by molar-refractivity contribution is -0.870. The zero-order chi connectivity index (χ0) is 30.0. The molecular weight excluding hydrogens is 529 g/mol. The molecule has 40 heavy (non-hydrogen) atoms. The number of phosphoric acid groups is 1. The zero-order valence-corrected chi connectivity index (χ0v) is 27.7. The lowest BCUT2D eigenvalue weighted by Gasteiger charge is -2.28. The summed E-state index contributed by atoms with van der Waals surface area (Å²) < 4.78 is 33.8. The van der Waals surface area contributed by atoms with Gasteiger partial charge in [0.2, 0.25) is 0 Å². The van der Waals surface area contributed by atoms with Crippen molar-refractivity contribution in [3.63, 3.8) is 0 Å². The first-order valence-corrected chi connectivity index (χ1v) is 17.7. The molecule has 2 atom stereocenters. The van der Waals surface area contributed by atoms with Crippen molar-refractivity contribution < 1.29 is 37.3 Å². The van der Waals surface area contributed by atoms with Crippen LogP contribution in [-0.2, 0) is 27.9 Å². The quantitative estimate of drug-likeness (QED) is 0.0367. The maximum Gasteiger partial charge on any atom is 0.306 e. The fraction of sp³-hybridized carbons (Fsp3) is 0.968. The minimum Gasteiger partial charge on any atom is -0.756 e. The summed E-state index contributed by atoms with van der Waals surface area (Å²) in [6, 6.07) is 0. The van der Waals surface area contributed by atoms with Crippen LogP contribution in [0.2, 0.25) is 0 Å². The number of hydrogen-bond acceptors (Lipinski definition) is 7. The van der Waals surface area contributed by atoms with Gasteiger partial charge in [0.05, 0.1) is 34.4 Å².